The zero-order chi connectivity index (χ0) is 29.8. The molecule has 13 nitrogen and oxygen atoms in total. The summed E-state index contributed by atoms with van der Waals surface area (Å²) in [6.45, 7) is 4.72. The average Bonchev–Trinajstić information content (AvgIpc) is 3.03. The molecule has 224 valence electrons. The second kappa shape index (κ2) is 12.7. The lowest BCUT2D eigenvalue weighted by molar-refractivity contribution is -0.120. The molecule has 3 saturated heterocycles. The van der Waals surface area contributed by atoms with E-state index in [1.54, 1.807) is 12.3 Å². The van der Waals surface area contributed by atoms with Gasteiger partial charge in [0, 0.05) is 38.3 Å². The first-order valence-corrected chi connectivity index (χ1v) is 14.9. The number of aromatic nitrogens is 4. The Morgan fingerprint density at radius 3 is 2.37 bits per heavy atom. The number of rotatable bonds is 8. The molecule has 0 aliphatic carbocycles. The normalized spacial score (nSPS) is 18.4. The maximum Gasteiger partial charge on any atom is 0.329 e. The first kappa shape index (κ1) is 28.5. The summed E-state index contributed by atoms with van der Waals surface area (Å²) in [5.74, 6) is 1.13. The van der Waals surface area contributed by atoms with E-state index >= 15 is 0 Å². The molecule has 0 bridgehead atoms. The van der Waals surface area contributed by atoms with Crippen molar-refractivity contribution in [3.8, 4) is 0 Å². The molecule has 4 amide bonds. The molecule has 43 heavy (non-hydrogen) atoms. The largest absolute Gasteiger partial charge is 0.364 e. The number of benzene rings is 1. The zero-order valence-corrected chi connectivity index (χ0v) is 24.0. The van der Waals surface area contributed by atoms with Gasteiger partial charge >= 0.3 is 6.03 Å². The molecule has 0 radical (unpaired) electrons. The first-order valence-electron chi connectivity index (χ1n) is 14.9. The summed E-state index contributed by atoms with van der Waals surface area (Å²) in [5.41, 5.74) is 8.66. The van der Waals surface area contributed by atoms with Crippen molar-refractivity contribution in [2.45, 2.75) is 51.0 Å². The number of carbonyl (C=O) groups excluding carboxylic acids is 3. The van der Waals surface area contributed by atoms with Gasteiger partial charge in [0.05, 0.1) is 11.9 Å². The molecule has 3 fully saturated rings. The van der Waals surface area contributed by atoms with Gasteiger partial charge in [-0.3, -0.25) is 24.7 Å². The number of amides is 4. The minimum Gasteiger partial charge on any atom is -0.364 e. The summed E-state index contributed by atoms with van der Waals surface area (Å²) in [6.07, 6.45) is 7.39. The van der Waals surface area contributed by atoms with Gasteiger partial charge in [-0.05, 0) is 80.9 Å². The second-order valence-electron chi connectivity index (χ2n) is 11.3. The van der Waals surface area contributed by atoms with E-state index in [2.05, 4.69) is 47.7 Å². The van der Waals surface area contributed by atoms with Crippen molar-refractivity contribution in [1.82, 2.24) is 30.4 Å². The van der Waals surface area contributed by atoms with E-state index in [1.807, 2.05) is 18.2 Å². The van der Waals surface area contributed by atoms with Gasteiger partial charge in [0.2, 0.25) is 5.91 Å². The third-order valence-corrected chi connectivity index (χ3v) is 8.33. The third-order valence-electron chi connectivity index (χ3n) is 8.33. The Labute approximate surface area is 249 Å². The fourth-order valence-corrected chi connectivity index (χ4v) is 5.92. The molecule has 3 aromatic rings. The Morgan fingerprint density at radius 1 is 0.930 bits per heavy atom. The highest BCUT2D eigenvalue weighted by molar-refractivity contribution is 6.05. The number of imide groups is 1. The predicted octanol–water partition coefficient (Wildman–Crippen LogP) is 2.93. The Hall–Kier alpha value is -4.65. The van der Waals surface area contributed by atoms with Crippen molar-refractivity contribution in [3.63, 3.8) is 0 Å². The molecule has 4 N–H and O–H groups in total. The van der Waals surface area contributed by atoms with E-state index in [9.17, 15) is 14.4 Å². The number of carbonyl (C=O) groups is 3. The number of nitrogens with two attached hydrogens (primary N) is 1. The first-order chi connectivity index (χ1) is 20.9. The number of hydrogen-bond donors (Lipinski definition) is 3. The van der Waals surface area contributed by atoms with Gasteiger partial charge in [0.1, 0.15) is 5.82 Å². The lowest BCUT2D eigenvalue weighted by atomic mass is 9.89. The maximum absolute atomic E-state index is 12.1. The Kier molecular flexibility index (Phi) is 8.40. The van der Waals surface area contributed by atoms with Gasteiger partial charge in [0.15, 0.2) is 17.3 Å². The smallest absolute Gasteiger partial charge is 0.329 e. The van der Waals surface area contributed by atoms with E-state index in [4.69, 9.17) is 10.7 Å². The summed E-state index contributed by atoms with van der Waals surface area (Å²) in [4.78, 5) is 50.5. The highest BCUT2D eigenvalue weighted by atomic mass is 16.2. The topological polar surface area (TPSA) is 163 Å². The Balaban J connectivity index is 1.03. The van der Waals surface area contributed by atoms with E-state index in [0.717, 1.165) is 69.1 Å². The number of nitrogens with zero attached hydrogens (tertiary/aromatic N) is 7. The van der Waals surface area contributed by atoms with Crippen molar-refractivity contribution in [2.75, 3.05) is 47.8 Å². The number of primary amides is 1. The van der Waals surface area contributed by atoms with Gasteiger partial charge in [0.25, 0.3) is 5.91 Å². The van der Waals surface area contributed by atoms with E-state index in [1.165, 1.54) is 16.9 Å². The molecule has 2 aromatic heterocycles. The average molecular weight is 585 g/mol. The lowest BCUT2D eigenvalue weighted by Crippen LogP contribution is -2.50. The number of nitrogens with one attached hydrogen (secondary N) is 2. The summed E-state index contributed by atoms with van der Waals surface area (Å²) in [5, 5.41) is 14.1. The van der Waals surface area contributed by atoms with Crippen LogP contribution in [-0.4, -0.2) is 75.6 Å². The summed E-state index contributed by atoms with van der Waals surface area (Å²) in [6, 6.07) is 11.5. The van der Waals surface area contributed by atoms with Crippen LogP contribution in [0, 0.1) is 0 Å². The Morgan fingerprint density at radius 2 is 1.70 bits per heavy atom. The van der Waals surface area contributed by atoms with Crippen LogP contribution >= 0.6 is 0 Å². The maximum atomic E-state index is 12.1. The minimum absolute atomic E-state index is 0.130. The van der Waals surface area contributed by atoms with Gasteiger partial charge in [-0.25, -0.2) is 14.8 Å². The highest BCUT2D eigenvalue weighted by Gasteiger charge is 2.26. The molecule has 13 heteroatoms. The van der Waals surface area contributed by atoms with Crippen LogP contribution in [0.4, 0.5) is 27.9 Å². The van der Waals surface area contributed by atoms with Gasteiger partial charge in [-0.1, -0.05) is 12.1 Å². The monoisotopic (exact) mass is 584 g/mol. The minimum atomic E-state index is -0.613. The molecule has 0 saturated carbocycles. The van der Waals surface area contributed by atoms with E-state index in [0.29, 0.717) is 30.6 Å². The molecular formula is C30H36N10O3. The molecule has 3 aliphatic heterocycles. The van der Waals surface area contributed by atoms with Crippen LogP contribution in [0.1, 0.15) is 66.2 Å². The van der Waals surface area contributed by atoms with Crippen molar-refractivity contribution < 1.29 is 14.4 Å². The number of piperidine rings is 2. The van der Waals surface area contributed by atoms with Crippen LogP contribution in [-0.2, 0) is 11.3 Å². The van der Waals surface area contributed by atoms with Crippen LogP contribution in [0.25, 0.3) is 0 Å². The summed E-state index contributed by atoms with van der Waals surface area (Å²) >= 11 is 0. The van der Waals surface area contributed by atoms with Crippen molar-refractivity contribution in [1.29, 1.82) is 0 Å². The van der Waals surface area contributed by atoms with Crippen LogP contribution in [0.2, 0.25) is 0 Å². The van der Waals surface area contributed by atoms with E-state index in [-0.39, 0.29) is 18.0 Å². The molecule has 0 unspecified atom stereocenters. The van der Waals surface area contributed by atoms with Gasteiger partial charge < -0.3 is 16.0 Å². The molecule has 1 aromatic carbocycles. The summed E-state index contributed by atoms with van der Waals surface area (Å²) < 4.78 is 0. The highest BCUT2D eigenvalue weighted by Crippen LogP contribution is 2.30. The van der Waals surface area contributed by atoms with Crippen molar-refractivity contribution in [2.24, 2.45) is 5.73 Å². The summed E-state index contributed by atoms with van der Waals surface area (Å²) in [7, 11) is 0. The van der Waals surface area contributed by atoms with Crippen LogP contribution < -0.4 is 26.2 Å². The van der Waals surface area contributed by atoms with E-state index < -0.39 is 11.9 Å². The number of hydrogen-bond acceptors (Lipinski definition) is 10. The van der Waals surface area contributed by atoms with Crippen molar-refractivity contribution in [3.05, 3.63) is 59.5 Å². The standard InChI is InChI=1S/C30H36N10O3/c31-28(42)27-29(34-25(18-32-27)39-13-2-1-3-14-39)33-22-6-4-20(5-7-22)21-10-15-38(16-11-21)19-23-8-9-24(37-36-23)40-17-12-26(41)35-30(40)43/h4-9,18,21H,1-3,10-17,19H2,(H2,31,42)(H,33,34)(H,35,41,43). The fourth-order valence-electron chi connectivity index (χ4n) is 5.92. The molecular weight excluding hydrogens is 548 g/mol. The SMILES string of the molecule is NC(=O)c1ncc(N2CCCCC2)nc1Nc1ccc(C2CCN(Cc3ccc(N4CCC(=O)NC4=O)nn3)CC2)cc1. The van der Waals surface area contributed by atoms with Crippen LogP contribution in [0.15, 0.2) is 42.6 Å². The fraction of sp³-hybridized carbons (Fsp3) is 0.433. The molecule has 0 atom stereocenters. The zero-order valence-electron chi connectivity index (χ0n) is 24.0. The molecule has 5 heterocycles. The molecule has 6 rings (SSSR count). The predicted molar refractivity (Wildman–Crippen MR) is 161 cm³/mol. The van der Waals surface area contributed by atoms with Crippen LogP contribution in [0.5, 0.6) is 0 Å². The number of anilines is 4. The molecule has 0 spiro atoms. The van der Waals surface area contributed by atoms with Gasteiger partial charge in [-0.15, -0.1) is 5.10 Å². The second-order valence-corrected chi connectivity index (χ2v) is 11.3. The quantitative estimate of drug-likeness (QED) is 0.359. The van der Waals surface area contributed by atoms with Gasteiger partial charge in [-0.2, -0.15) is 5.10 Å². The lowest BCUT2D eigenvalue weighted by Gasteiger charge is -2.32. The number of urea groups is 1. The number of likely N-dealkylation sites (tertiary alicyclic amines) is 1. The van der Waals surface area contributed by atoms with Crippen LogP contribution in [0.3, 0.4) is 0 Å². The Bertz CT molecular complexity index is 1470. The van der Waals surface area contributed by atoms with Crippen molar-refractivity contribution >= 4 is 41.0 Å². The molecule has 3 aliphatic rings. The third kappa shape index (κ3) is 6.72.